The number of rotatable bonds is 5. The number of aromatic hydroxyl groups is 1. The van der Waals surface area contributed by atoms with E-state index in [0.717, 1.165) is 37.7 Å². The number of nitrogens with one attached hydrogen (secondary N) is 1. The second kappa shape index (κ2) is 6.07. The molecule has 2 rings (SSSR count). The SMILES string of the molecule is CNCC1CCN(Cc2ccc(OC)c(O)c2)C1. The lowest BCUT2D eigenvalue weighted by molar-refractivity contribution is 0.314. The Hall–Kier alpha value is -1.26. The van der Waals surface area contributed by atoms with Gasteiger partial charge in [-0.1, -0.05) is 6.07 Å². The van der Waals surface area contributed by atoms with E-state index < -0.39 is 0 Å². The van der Waals surface area contributed by atoms with Gasteiger partial charge >= 0.3 is 0 Å². The lowest BCUT2D eigenvalue weighted by Gasteiger charge is -2.16. The van der Waals surface area contributed by atoms with Crippen molar-refractivity contribution in [1.82, 2.24) is 10.2 Å². The number of ether oxygens (including phenoxy) is 1. The summed E-state index contributed by atoms with van der Waals surface area (Å²) in [7, 11) is 3.57. The minimum atomic E-state index is 0.223. The monoisotopic (exact) mass is 250 g/mol. The van der Waals surface area contributed by atoms with Crippen LogP contribution in [0.1, 0.15) is 12.0 Å². The van der Waals surface area contributed by atoms with Gasteiger partial charge in [0.25, 0.3) is 0 Å². The summed E-state index contributed by atoms with van der Waals surface area (Å²) in [6, 6.07) is 5.64. The van der Waals surface area contributed by atoms with Crippen LogP contribution in [0.3, 0.4) is 0 Å². The molecule has 0 amide bonds. The minimum absolute atomic E-state index is 0.223. The zero-order valence-corrected chi connectivity index (χ0v) is 11.1. The van der Waals surface area contributed by atoms with E-state index in [9.17, 15) is 5.11 Å². The molecule has 1 saturated heterocycles. The highest BCUT2D eigenvalue weighted by molar-refractivity contribution is 5.41. The highest BCUT2D eigenvalue weighted by Crippen LogP contribution is 2.27. The first-order chi connectivity index (χ1) is 8.72. The van der Waals surface area contributed by atoms with Gasteiger partial charge in [0.2, 0.25) is 0 Å². The lowest BCUT2D eigenvalue weighted by Crippen LogP contribution is -2.24. The van der Waals surface area contributed by atoms with E-state index in [1.807, 2.05) is 19.2 Å². The summed E-state index contributed by atoms with van der Waals surface area (Å²) in [5.74, 6) is 1.51. The molecule has 1 fully saturated rings. The molecule has 4 nitrogen and oxygen atoms in total. The van der Waals surface area contributed by atoms with Crippen LogP contribution < -0.4 is 10.1 Å². The molecule has 0 saturated carbocycles. The molecule has 2 N–H and O–H groups in total. The highest BCUT2D eigenvalue weighted by atomic mass is 16.5. The maximum atomic E-state index is 9.75. The second-order valence-electron chi connectivity index (χ2n) is 4.95. The van der Waals surface area contributed by atoms with Crippen molar-refractivity contribution in [1.29, 1.82) is 0 Å². The first-order valence-electron chi connectivity index (χ1n) is 6.45. The smallest absolute Gasteiger partial charge is 0.160 e. The standard InChI is InChI=1S/C14H22N2O2/c1-15-8-12-5-6-16(10-12)9-11-3-4-14(18-2)13(17)7-11/h3-4,7,12,15,17H,5-6,8-10H2,1-2H3. The van der Waals surface area contributed by atoms with Gasteiger partial charge in [-0.15, -0.1) is 0 Å². The van der Waals surface area contributed by atoms with Gasteiger partial charge in [0.1, 0.15) is 0 Å². The van der Waals surface area contributed by atoms with Crippen LogP contribution in [-0.4, -0.2) is 43.8 Å². The normalized spacial score (nSPS) is 20.2. The fraction of sp³-hybridized carbons (Fsp3) is 0.571. The molecule has 100 valence electrons. The third kappa shape index (κ3) is 3.15. The molecule has 18 heavy (non-hydrogen) atoms. The van der Waals surface area contributed by atoms with Gasteiger partial charge in [-0.05, 0) is 50.2 Å². The molecular formula is C14H22N2O2. The van der Waals surface area contributed by atoms with Gasteiger partial charge < -0.3 is 15.2 Å². The summed E-state index contributed by atoms with van der Waals surface area (Å²) in [6.07, 6.45) is 1.25. The zero-order chi connectivity index (χ0) is 13.0. The van der Waals surface area contributed by atoms with E-state index in [4.69, 9.17) is 4.74 Å². The Labute approximate surface area is 109 Å². The van der Waals surface area contributed by atoms with Crippen molar-refractivity contribution in [2.75, 3.05) is 33.8 Å². The Morgan fingerprint density at radius 3 is 3.00 bits per heavy atom. The Kier molecular flexibility index (Phi) is 4.44. The van der Waals surface area contributed by atoms with Gasteiger partial charge in [0.15, 0.2) is 11.5 Å². The van der Waals surface area contributed by atoms with E-state index in [0.29, 0.717) is 5.75 Å². The van der Waals surface area contributed by atoms with Crippen LogP contribution in [0.5, 0.6) is 11.5 Å². The van der Waals surface area contributed by atoms with Crippen molar-refractivity contribution < 1.29 is 9.84 Å². The number of likely N-dealkylation sites (tertiary alicyclic amines) is 1. The zero-order valence-electron chi connectivity index (χ0n) is 11.1. The first kappa shape index (κ1) is 13.2. The van der Waals surface area contributed by atoms with E-state index in [-0.39, 0.29) is 5.75 Å². The Morgan fingerprint density at radius 1 is 1.50 bits per heavy atom. The van der Waals surface area contributed by atoms with Crippen molar-refractivity contribution in [3.63, 3.8) is 0 Å². The number of benzene rings is 1. The Balaban J connectivity index is 1.92. The molecule has 0 bridgehead atoms. The van der Waals surface area contributed by atoms with Gasteiger partial charge in [0.05, 0.1) is 7.11 Å². The van der Waals surface area contributed by atoms with Gasteiger partial charge in [-0.2, -0.15) is 0 Å². The van der Waals surface area contributed by atoms with Gasteiger partial charge in [-0.3, -0.25) is 4.90 Å². The molecule has 4 heteroatoms. The number of hydrogen-bond donors (Lipinski definition) is 2. The van der Waals surface area contributed by atoms with Crippen LogP contribution in [0.4, 0.5) is 0 Å². The number of nitrogens with zero attached hydrogens (tertiary/aromatic N) is 1. The summed E-state index contributed by atoms with van der Waals surface area (Å²) in [5.41, 5.74) is 1.14. The number of hydrogen-bond acceptors (Lipinski definition) is 4. The van der Waals surface area contributed by atoms with Crippen molar-refractivity contribution >= 4 is 0 Å². The molecule has 1 aromatic rings. The van der Waals surface area contributed by atoms with E-state index in [2.05, 4.69) is 10.2 Å². The maximum Gasteiger partial charge on any atom is 0.160 e. The number of phenolic OH excluding ortho intramolecular Hbond substituents is 1. The number of methoxy groups -OCH3 is 1. The average Bonchev–Trinajstić information content (AvgIpc) is 2.77. The molecule has 0 radical (unpaired) electrons. The van der Waals surface area contributed by atoms with Crippen LogP contribution in [0.15, 0.2) is 18.2 Å². The second-order valence-corrected chi connectivity index (χ2v) is 4.95. The minimum Gasteiger partial charge on any atom is -0.504 e. The summed E-state index contributed by atoms with van der Waals surface area (Å²) in [6.45, 7) is 4.26. The lowest BCUT2D eigenvalue weighted by atomic mass is 10.1. The molecule has 1 aromatic carbocycles. The van der Waals surface area contributed by atoms with E-state index >= 15 is 0 Å². The molecule has 0 aliphatic carbocycles. The molecule has 1 heterocycles. The van der Waals surface area contributed by atoms with Crippen LogP contribution in [0, 0.1) is 5.92 Å². The summed E-state index contributed by atoms with van der Waals surface area (Å²) < 4.78 is 5.05. The fourth-order valence-electron chi connectivity index (χ4n) is 2.60. The van der Waals surface area contributed by atoms with Crippen molar-refractivity contribution in [2.45, 2.75) is 13.0 Å². The highest BCUT2D eigenvalue weighted by Gasteiger charge is 2.21. The van der Waals surface area contributed by atoms with Crippen molar-refractivity contribution in [3.05, 3.63) is 23.8 Å². The molecule has 1 atom stereocenters. The summed E-state index contributed by atoms with van der Waals surface area (Å²) >= 11 is 0. The van der Waals surface area contributed by atoms with Crippen LogP contribution in [-0.2, 0) is 6.54 Å². The van der Waals surface area contributed by atoms with Crippen molar-refractivity contribution in [3.8, 4) is 11.5 Å². The van der Waals surface area contributed by atoms with Crippen molar-refractivity contribution in [2.24, 2.45) is 5.92 Å². The molecule has 1 aliphatic heterocycles. The summed E-state index contributed by atoms with van der Waals surface area (Å²) in [5, 5.41) is 13.0. The number of phenols is 1. The first-order valence-corrected chi connectivity index (χ1v) is 6.45. The molecule has 0 spiro atoms. The van der Waals surface area contributed by atoms with E-state index in [1.165, 1.54) is 6.42 Å². The maximum absolute atomic E-state index is 9.75. The predicted molar refractivity (Wildman–Crippen MR) is 72.0 cm³/mol. The fourth-order valence-corrected chi connectivity index (χ4v) is 2.60. The van der Waals surface area contributed by atoms with Gasteiger partial charge in [-0.25, -0.2) is 0 Å². The van der Waals surface area contributed by atoms with E-state index in [1.54, 1.807) is 13.2 Å². The van der Waals surface area contributed by atoms with Gasteiger partial charge in [0, 0.05) is 13.1 Å². The third-order valence-corrected chi connectivity index (χ3v) is 3.51. The molecule has 0 aromatic heterocycles. The van der Waals surface area contributed by atoms with Crippen LogP contribution >= 0.6 is 0 Å². The molecule has 1 unspecified atom stereocenters. The molecule has 1 aliphatic rings. The third-order valence-electron chi connectivity index (χ3n) is 3.51. The quantitative estimate of drug-likeness (QED) is 0.830. The topological polar surface area (TPSA) is 44.7 Å². The Bertz CT molecular complexity index is 395. The van der Waals surface area contributed by atoms with Crippen LogP contribution in [0.2, 0.25) is 0 Å². The summed E-state index contributed by atoms with van der Waals surface area (Å²) in [4.78, 5) is 2.43. The molecular weight excluding hydrogens is 228 g/mol. The average molecular weight is 250 g/mol. The Morgan fingerprint density at radius 2 is 2.33 bits per heavy atom. The predicted octanol–water partition coefficient (Wildman–Crippen LogP) is 1.44. The van der Waals surface area contributed by atoms with Crippen LogP contribution in [0.25, 0.3) is 0 Å². The largest absolute Gasteiger partial charge is 0.504 e.